The molecule has 0 radical (unpaired) electrons. The summed E-state index contributed by atoms with van der Waals surface area (Å²) in [4.78, 5) is 25.2. The van der Waals surface area contributed by atoms with E-state index in [-0.39, 0.29) is 11.3 Å². The molecule has 1 heterocycles. The van der Waals surface area contributed by atoms with Crippen LogP contribution in [-0.4, -0.2) is 26.9 Å². The van der Waals surface area contributed by atoms with Crippen molar-refractivity contribution in [1.29, 1.82) is 0 Å². The molecule has 0 aliphatic rings. The van der Waals surface area contributed by atoms with Gasteiger partial charge in [0.2, 0.25) is 0 Å². The van der Waals surface area contributed by atoms with E-state index in [9.17, 15) is 9.59 Å². The van der Waals surface area contributed by atoms with Gasteiger partial charge in [-0.3, -0.25) is 4.79 Å². The quantitative estimate of drug-likeness (QED) is 0.421. The monoisotopic (exact) mass is 343 g/mol. The molecule has 0 aliphatic heterocycles. The standard InChI is InChI=1S/C20H13N3O3/c24-19(23-17-12-6-5-11-16(17)21-22-23)15-10-4-7-13-18(15)26-20(25)14-8-2-1-3-9-14/h1-13H. The zero-order chi connectivity index (χ0) is 17.9. The summed E-state index contributed by atoms with van der Waals surface area (Å²) in [5, 5.41) is 7.91. The van der Waals surface area contributed by atoms with Crippen molar-refractivity contribution in [1.82, 2.24) is 15.0 Å². The SMILES string of the molecule is O=C(Oc1ccccc1C(=O)n1nnc2ccccc21)c1ccccc1. The Morgan fingerprint density at radius 3 is 2.35 bits per heavy atom. The fourth-order valence-electron chi connectivity index (χ4n) is 2.60. The molecule has 0 N–H and O–H groups in total. The molecule has 26 heavy (non-hydrogen) atoms. The molecule has 0 aliphatic carbocycles. The number of carbonyl (C=O) groups excluding carboxylic acids is 2. The molecule has 126 valence electrons. The van der Waals surface area contributed by atoms with E-state index in [1.54, 1.807) is 66.7 Å². The van der Waals surface area contributed by atoms with E-state index >= 15 is 0 Å². The first-order chi connectivity index (χ1) is 12.7. The number of para-hydroxylation sites is 2. The average Bonchev–Trinajstić information content (AvgIpc) is 3.13. The number of aromatic nitrogens is 3. The van der Waals surface area contributed by atoms with Crippen molar-refractivity contribution in [3.8, 4) is 5.75 Å². The number of hydrogen-bond donors (Lipinski definition) is 0. The van der Waals surface area contributed by atoms with E-state index in [2.05, 4.69) is 10.3 Å². The lowest BCUT2D eigenvalue weighted by Crippen LogP contribution is -2.17. The summed E-state index contributed by atoms with van der Waals surface area (Å²) in [5.41, 5.74) is 1.83. The number of carbonyl (C=O) groups is 2. The molecule has 0 unspecified atom stereocenters. The molecular formula is C20H13N3O3. The molecular weight excluding hydrogens is 330 g/mol. The topological polar surface area (TPSA) is 74.1 Å². The molecule has 0 spiro atoms. The van der Waals surface area contributed by atoms with E-state index < -0.39 is 11.9 Å². The molecule has 0 saturated carbocycles. The molecule has 0 amide bonds. The third-order valence-electron chi connectivity index (χ3n) is 3.87. The summed E-state index contributed by atoms with van der Waals surface area (Å²) in [6.45, 7) is 0. The van der Waals surface area contributed by atoms with Crippen molar-refractivity contribution in [3.63, 3.8) is 0 Å². The molecule has 0 atom stereocenters. The maximum Gasteiger partial charge on any atom is 0.343 e. The molecule has 3 aromatic carbocycles. The Morgan fingerprint density at radius 2 is 1.50 bits per heavy atom. The zero-order valence-electron chi connectivity index (χ0n) is 13.6. The van der Waals surface area contributed by atoms with E-state index in [1.165, 1.54) is 4.68 Å². The van der Waals surface area contributed by atoms with Crippen LogP contribution < -0.4 is 4.74 Å². The summed E-state index contributed by atoms with van der Waals surface area (Å²) < 4.78 is 6.64. The zero-order valence-corrected chi connectivity index (χ0v) is 13.6. The smallest absolute Gasteiger partial charge is 0.343 e. The minimum absolute atomic E-state index is 0.172. The van der Waals surface area contributed by atoms with Gasteiger partial charge >= 0.3 is 5.97 Å². The maximum absolute atomic E-state index is 12.9. The Bertz CT molecular complexity index is 1100. The van der Waals surface area contributed by atoms with Crippen molar-refractivity contribution in [3.05, 3.63) is 90.0 Å². The summed E-state index contributed by atoms with van der Waals surface area (Å²) in [6.07, 6.45) is 0. The summed E-state index contributed by atoms with van der Waals surface area (Å²) in [7, 11) is 0. The molecule has 0 fully saturated rings. The molecule has 4 rings (SSSR count). The Balaban J connectivity index is 1.69. The van der Waals surface area contributed by atoms with Gasteiger partial charge < -0.3 is 4.74 Å². The van der Waals surface area contributed by atoms with Crippen LogP contribution >= 0.6 is 0 Å². The van der Waals surface area contributed by atoms with Crippen LogP contribution in [0.3, 0.4) is 0 Å². The minimum Gasteiger partial charge on any atom is -0.422 e. The molecule has 6 nitrogen and oxygen atoms in total. The van der Waals surface area contributed by atoms with Crippen molar-refractivity contribution in [2.24, 2.45) is 0 Å². The summed E-state index contributed by atoms with van der Waals surface area (Å²) in [5.74, 6) is -0.782. The Kier molecular flexibility index (Phi) is 3.99. The van der Waals surface area contributed by atoms with Gasteiger partial charge in [-0.2, -0.15) is 4.68 Å². The number of nitrogens with zero attached hydrogens (tertiary/aromatic N) is 3. The second-order valence-corrected chi connectivity index (χ2v) is 5.55. The van der Waals surface area contributed by atoms with Crippen LogP contribution in [0.25, 0.3) is 11.0 Å². The Labute approximate surface area is 148 Å². The van der Waals surface area contributed by atoms with E-state index in [0.717, 1.165) is 0 Å². The highest BCUT2D eigenvalue weighted by Gasteiger charge is 2.20. The molecule has 1 aromatic heterocycles. The fraction of sp³-hybridized carbons (Fsp3) is 0. The van der Waals surface area contributed by atoms with Crippen LogP contribution in [-0.2, 0) is 0 Å². The predicted octanol–water partition coefficient (Wildman–Crippen LogP) is 3.34. The maximum atomic E-state index is 12.9. The van der Waals surface area contributed by atoms with Crippen LogP contribution in [0.15, 0.2) is 78.9 Å². The lowest BCUT2D eigenvalue weighted by Gasteiger charge is -2.09. The summed E-state index contributed by atoms with van der Waals surface area (Å²) in [6, 6.07) is 22.3. The van der Waals surface area contributed by atoms with Crippen molar-refractivity contribution in [2.75, 3.05) is 0 Å². The van der Waals surface area contributed by atoms with Gasteiger partial charge in [0.25, 0.3) is 5.91 Å². The second kappa shape index (κ2) is 6.60. The Hall–Kier alpha value is -3.80. The number of benzene rings is 3. The van der Waals surface area contributed by atoms with Crippen LogP contribution in [0.2, 0.25) is 0 Å². The van der Waals surface area contributed by atoms with Gasteiger partial charge in [0, 0.05) is 0 Å². The average molecular weight is 343 g/mol. The molecule has 6 heteroatoms. The van der Waals surface area contributed by atoms with Gasteiger partial charge in [-0.25, -0.2) is 4.79 Å². The highest BCUT2D eigenvalue weighted by atomic mass is 16.5. The van der Waals surface area contributed by atoms with E-state index in [1.807, 2.05) is 12.1 Å². The van der Waals surface area contributed by atoms with Crippen molar-refractivity contribution >= 4 is 22.9 Å². The van der Waals surface area contributed by atoms with Gasteiger partial charge in [0.05, 0.1) is 16.6 Å². The van der Waals surface area contributed by atoms with Gasteiger partial charge in [0.1, 0.15) is 11.3 Å². The third kappa shape index (κ3) is 2.84. The first-order valence-electron chi connectivity index (χ1n) is 7.95. The van der Waals surface area contributed by atoms with Gasteiger partial charge in [-0.1, -0.05) is 47.7 Å². The van der Waals surface area contributed by atoms with E-state index in [4.69, 9.17) is 4.74 Å². The number of fused-ring (bicyclic) bond motifs is 1. The lowest BCUT2D eigenvalue weighted by molar-refractivity contribution is 0.0732. The van der Waals surface area contributed by atoms with Gasteiger partial charge in [-0.15, -0.1) is 5.10 Å². The third-order valence-corrected chi connectivity index (χ3v) is 3.87. The van der Waals surface area contributed by atoms with E-state index in [0.29, 0.717) is 16.6 Å². The highest BCUT2D eigenvalue weighted by molar-refractivity contribution is 6.03. The highest BCUT2D eigenvalue weighted by Crippen LogP contribution is 2.22. The predicted molar refractivity (Wildman–Crippen MR) is 95.1 cm³/mol. The minimum atomic E-state index is -0.533. The fourth-order valence-corrected chi connectivity index (χ4v) is 2.60. The van der Waals surface area contributed by atoms with Crippen LogP contribution in [0.5, 0.6) is 5.75 Å². The first kappa shape index (κ1) is 15.7. The molecule has 0 bridgehead atoms. The molecule has 4 aromatic rings. The van der Waals surface area contributed by atoms with Crippen molar-refractivity contribution in [2.45, 2.75) is 0 Å². The number of hydrogen-bond acceptors (Lipinski definition) is 5. The van der Waals surface area contributed by atoms with Gasteiger partial charge in [0.15, 0.2) is 0 Å². The van der Waals surface area contributed by atoms with Gasteiger partial charge in [-0.05, 0) is 36.4 Å². The number of rotatable bonds is 3. The normalized spacial score (nSPS) is 10.6. The number of ether oxygens (including phenoxy) is 1. The molecule has 0 saturated heterocycles. The van der Waals surface area contributed by atoms with Crippen LogP contribution in [0, 0.1) is 0 Å². The largest absolute Gasteiger partial charge is 0.422 e. The summed E-state index contributed by atoms with van der Waals surface area (Å²) >= 11 is 0. The van der Waals surface area contributed by atoms with Crippen molar-refractivity contribution < 1.29 is 14.3 Å². The lowest BCUT2D eigenvalue weighted by atomic mass is 10.1. The second-order valence-electron chi connectivity index (χ2n) is 5.55. The van der Waals surface area contributed by atoms with Crippen LogP contribution in [0.1, 0.15) is 20.7 Å². The Morgan fingerprint density at radius 1 is 0.808 bits per heavy atom. The van der Waals surface area contributed by atoms with Crippen LogP contribution in [0.4, 0.5) is 0 Å². The number of esters is 1. The first-order valence-corrected chi connectivity index (χ1v) is 7.95.